The topological polar surface area (TPSA) is 32.3 Å². The molecule has 0 spiro atoms. The van der Waals surface area contributed by atoms with Crippen molar-refractivity contribution in [2.45, 2.75) is 32.7 Å². The van der Waals surface area contributed by atoms with Crippen molar-refractivity contribution in [2.75, 3.05) is 19.6 Å². The van der Waals surface area contributed by atoms with Crippen LogP contribution in [-0.4, -0.2) is 30.4 Å². The average Bonchev–Trinajstić information content (AvgIpc) is 3.11. The Morgan fingerprint density at radius 3 is 2.42 bits per heavy atom. The van der Waals surface area contributed by atoms with Crippen LogP contribution in [0.4, 0.5) is 0 Å². The molecule has 3 nitrogen and oxygen atoms in total. The van der Waals surface area contributed by atoms with Gasteiger partial charge in [-0.05, 0) is 57.5 Å². The molecule has 1 atom stereocenters. The molecule has 1 aliphatic rings. The van der Waals surface area contributed by atoms with Gasteiger partial charge in [-0.15, -0.1) is 0 Å². The van der Waals surface area contributed by atoms with Gasteiger partial charge < -0.3 is 5.32 Å². The highest BCUT2D eigenvalue weighted by molar-refractivity contribution is 5.94. The van der Waals surface area contributed by atoms with Gasteiger partial charge in [0, 0.05) is 12.1 Å². The first-order chi connectivity index (χ1) is 11.6. The lowest BCUT2D eigenvalue weighted by atomic mass is 10.0. The fourth-order valence-electron chi connectivity index (χ4n) is 3.38. The number of hydrogen-bond acceptors (Lipinski definition) is 2. The Hall–Kier alpha value is -2.13. The molecule has 126 valence electrons. The number of carbonyl (C=O) groups is 1. The van der Waals surface area contributed by atoms with Gasteiger partial charge in [0.05, 0.1) is 6.04 Å². The predicted molar refractivity (Wildman–Crippen MR) is 98.2 cm³/mol. The van der Waals surface area contributed by atoms with Gasteiger partial charge in [0.25, 0.3) is 5.91 Å². The van der Waals surface area contributed by atoms with Gasteiger partial charge in [-0.3, -0.25) is 9.69 Å². The van der Waals surface area contributed by atoms with Gasteiger partial charge >= 0.3 is 0 Å². The molecule has 3 rings (SSSR count). The fraction of sp³-hybridized carbons (Fsp3) is 0.381. The molecule has 24 heavy (non-hydrogen) atoms. The summed E-state index contributed by atoms with van der Waals surface area (Å²) >= 11 is 0. The van der Waals surface area contributed by atoms with E-state index in [1.807, 2.05) is 31.2 Å². The number of benzene rings is 2. The van der Waals surface area contributed by atoms with E-state index in [-0.39, 0.29) is 11.9 Å². The molecule has 3 heteroatoms. The third-order valence-corrected chi connectivity index (χ3v) is 4.78. The molecule has 2 aromatic carbocycles. The van der Waals surface area contributed by atoms with E-state index in [1.165, 1.54) is 24.0 Å². The van der Waals surface area contributed by atoms with Gasteiger partial charge in [-0.2, -0.15) is 0 Å². The molecule has 2 aromatic rings. The summed E-state index contributed by atoms with van der Waals surface area (Å²) < 4.78 is 0. The van der Waals surface area contributed by atoms with Crippen LogP contribution in [0.1, 0.15) is 45.9 Å². The van der Waals surface area contributed by atoms with Crippen LogP contribution in [0.25, 0.3) is 0 Å². The van der Waals surface area contributed by atoms with E-state index in [9.17, 15) is 4.79 Å². The summed E-state index contributed by atoms with van der Waals surface area (Å²) in [5.41, 5.74) is 4.39. The second-order valence-corrected chi connectivity index (χ2v) is 6.75. The standard InChI is InChI=1S/C21H26N2O/c1-16-8-10-18(11-9-16)20(23-12-3-4-13-23)15-22-21(24)19-7-5-6-17(2)14-19/h5-11,14,20H,3-4,12-13,15H2,1-2H3,(H,22,24). The SMILES string of the molecule is Cc1ccc(C(CNC(=O)c2cccc(C)c2)N2CCCC2)cc1. The first-order valence-electron chi connectivity index (χ1n) is 8.79. The molecule has 1 fully saturated rings. The molecule has 1 unspecified atom stereocenters. The van der Waals surface area contributed by atoms with E-state index in [1.54, 1.807) is 0 Å². The van der Waals surface area contributed by atoms with Crippen LogP contribution >= 0.6 is 0 Å². The summed E-state index contributed by atoms with van der Waals surface area (Å²) in [4.78, 5) is 15.0. The zero-order chi connectivity index (χ0) is 16.9. The van der Waals surface area contributed by atoms with Crippen LogP contribution in [0, 0.1) is 13.8 Å². The molecule has 0 saturated carbocycles. The number of aryl methyl sites for hydroxylation is 2. The van der Waals surface area contributed by atoms with Crippen molar-refractivity contribution in [3.05, 3.63) is 70.8 Å². The Morgan fingerprint density at radius 2 is 1.75 bits per heavy atom. The number of hydrogen-bond donors (Lipinski definition) is 1. The van der Waals surface area contributed by atoms with Crippen molar-refractivity contribution in [3.8, 4) is 0 Å². The maximum Gasteiger partial charge on any atom is 0.251 e. The van der Waals surface area contributed by atoms with Gasteiger partial charge in [0.15, 0.2) is 0 Å². The summed E-state index contributed by atoms with van der Waals surface area (Å²) in [7, 11) is 0. The van der Waals surface area contributed by atoms with Crippen molar-refractivity contribution >= 4 is 5.91 Å². The first kappa shape index (κ1) is 16.7. The van der Waals surface area contributed by atoms with Gasteiger partial charge in [-0.1, -0.05) is 47.5 Å². The summed E-state index contributed by atoms with van der Waals surface area (Å²) in [5, 5.41) is 3.14. The lowest BCUT2D eigenvalue weighted by molar-refractivity contribution is 0.0938. The Labute approximate surface area is 144 Å². The first-order valence-corrected chi connectivity index (χ1v) is 8.79. The van der Waals surface area contributed by atoms with Crippen molar-refractivity contribution in [1.82, 2.24) is 10.2 Å². The molecule has 1 amide bonds. The minimum absolute atomic E-state index is 0.00927. The van der Waals surface area contributed by atoms with Crippen molar-refractivity contribution in [2.24, 2.45) is 0 Å². The smallest absolute Gasteiger partial charge is 0.251 e. The van der Waals surface area contributed by atoms with E-state index >= 15 is 0 Å². The van der Waals surface area contributed by atoms with Crippen LogP contribution in [0.5, 0.6) is 0 Å². The van der Waals surface area contributed by atoms with Crippen LogP contribution in [-0.2, 0) is 0 Å². The average molecular weight is 322 g/mol. The number of rotatable bonds is 5. The maximum atomic E-state index is 12.5. The number of likely N-dealkylation sites (tertiary alicyclic amines) is 1. The number of amides is 1. The number of nitrogens with one attached hydrogen (secondary N) is 1. The lowest BCUT2D eigenvalue weighted by Crippen LogP contribution is -2.36. The van der Waals surface area contributed by atoms with Gasteiger partial charge in [0.2, 0.25) is 0 Å². The molecule has 0 bridgehead atoms. The molecule has 1 aliphatic heterocycles. The van der Waals surface area contributed by atoms with E-state index in [0.29, 0.717) is 6.54 Å². The summed E-state index contributed by atoms with van der Waals surface area (Å²) in [6.07, 6.45) is 2.49. The van der Waals surface area contributed by atoms with Crippen LogP contribution in [0.15, 0.2) is 48.5 Å². The molecule has 1 N–H and O–H groups in total. The zero-order valence-corrected chi connectivity index (χ0v) is 14.6. The van der Waals surface area contributed by atoms with Crippen molar-refractivity contribution in [3.63, 3.8) is 0 Å². The minimum Gasteiger partial charge on any atom is -0.350 e. The van der Waals surface area contributed by atoms with Crippen LogP contribution in [0.2, 0.25) is 0 Å². The molecular weight excluding hydrogens is 296 g/mol. The largest absolute Gasteiger partial charge is 0.350 e. The molecular formula is C21H26N2O. The summed E-state index contributed by atoms with van der Waals surface area (Å²) in [6.45, 7) is 6.98. The molecule has 0 aliphatic carbocycles. The van der Waals surface area contributed by atoms with Crippen molar-refractivity contribution in [1.29, 1.82) is 0 Å². The normalized spacial score (nSPS) is 16.1. The fourth-order valence-corrected chi connectivity index (χ4v) is 3.38. The Morgan fingerprint density at radius 1 is 1.04 bits per heavy atom. The van der Waals surface area contributed by atoms with Crippen molar-refractivity contribution < 1.29 is 4.79 Å². The Bertz CT molecular complexity index is 687. The highest BCUT2D eigenvalue weighted by Gasteiger charge is 2.24. The molecule has 0 aromatic heterocycles. The van der Waals surface area contributed by atoms with Gasteiger partial charge in [0.1, 0.15) is 0 Å². The van der Waals surface area contributed by atoms with Gasteiger partial charge in [-0.25, -0.2) is 0 Å². The second kappa shape index (κ2) is 7.63. The minimum atomic E-state index is 0.00927. The highest BCUT2D eigenvalue weighted by atomic mass is 16.1. The lowest BCUT2D eigenvalue weighted by Gasteiger charge is -2.28. The van der Waals surface area contributed by atoms with E-state index in [4.69, 9.17) is 0 Å². The number of carbonyl (C=O) groups excluding carboxylic acids is 1. The third kappa shape index (κ3) is 4.04. The second-order valence-electron chi connectivity index (χ2n) is 6.75. The quantitative estimate of drug-likeness (QED) is 0.906. The predicted octanol–water partition coefficient (Wildman–Crippen LogP) is 3.87. The molecule has 1 heterocycles. The molecule has 1 saturated heterocycles. The zero-order valence-electron chi connectivity index (χ0n) is 14.6. The van der Waals surface area contributed by atoms with E-state index in [2.05, 4.69) is 41.4 Å². The van der Waals surface area contributed by atoms with Crippen LogP contribution < -0.4 is 5.32 Å². The maximum absolute atomic E-state index is 12.5. The Balaban J connectivity index is 1.72. The highest BCUT2D eigenvalue weighted by Crippen LogP contribution is 2.25. The van der Waals surface area contributed by atoms with E-state index < -0.39 is 0 Å². The monoisotopic (exact) mass is 322 g/mol. The summed E-state index contributed by atoms with van der Waals surface area (Å²) in [5.74, 6) is 0.00927. The summed E-state index contributed by atoms with van der Waals surface area (Å²) in [6, 6.07) is 16.7. The number of nitrogens with zero attached hydrogens (tertiary/aromatic N) is 1. The third-order valence-electron chi connectivity index (χ3n) is 4.78. The Kier molecular flexibility index (Phi) is 5.31. The molecule has 0 radical (unpaired) electrons. The van der Waals surface area contributed by atoms with Crippen LogP contribution in [0.3, 0.4) is 0 Å². The van der Waals surface area contributed by atoms with E-state index in [0.717, 1.165) is 24.2 Å².